The maximum atomic E-state index is 12.6. The topological polar surface area (TPSA) is 92.3 Å². The zero-order chi connectivity index (χ0) is 16.7. The van der Waals surface area contributed by atoms with Gasteiger partial charge in [0.15, 0.2) is 9.84 Å². The zero-order valence-corrected chi connectivity index (χ0v) is 14.7. The summed E-state index contributed by atoms with van der Waals surface area (Å²) in [5, 5.41) is 3.47. The van der Waals surface area contributed by atoms with Crippen molar-refractivity contribution in [3.8, 4) is 0 Å². The van der Waals surface area contributed by atoms with Crippen LogP contribution in [-0.4, -0.2) is 40.7 Å². The van der Waals surface area contributed by atoms with E-state index in [9.17, 15) is 16.8 Å². The highest BCUT2D eigenvalue weighted by molar-refractivity contribution is 7.91. The van der Waals surface area contributed by atoms with Crippen molar-refractivity contribution in [2.75, 3.05) is 5.75 Å². The van der Waals surface area contributed by atoms with E-state index >= 15 is 0 Å². The van der Waals surface area contributed by atoms with Crippen LogP contribution in [0.1, 0.15) is 32.6 Å². The summed E-state index contributed by atoms with van der Waals surface area (Å²) in [7, 11) is -7.14. The molecule has 2 saturated heterocycles. The van der Waals surface area contributed by atoms with Crippen LogP contribution in [0, 0.1) is 0 Å². The molecule has 0 aromatic heterocycles. The number of sulfonamides is 1. The van der Waals surface area contributed by atoms with E-state index in [1.165, 1.54) is 24.3 Å². The third kappa shape index (κ3) is 3.60. The highest BCUT2D eigenvalue weighted by Crippen LogP contribution is 2.28. The second-order valence-electron chi connectivity index (χ2n) is 6.31. The molecule has 2 unspecified atom stereocenters. The van der Waals surface area contributed by atoms with Crippen LogP contribution in [0.4, 0.5) is 0 Å². The Kier molecular flexibility index (Phi) is 4.52. The summed E-state index contributed by atoms with van der Waals surface area (Å²) in [6, 6.07) is 6.27. The third-order valence-electron chi connectivity index (χ3n) is 4.65. The maximum absolute atomic E-state index is 12.6. The fourth-order valence-electron chi connectivity index (χ4n) is 3.44. The Morgan fingerprint density at radius 1 is 1.09 bits per heavy atom. The average Bonchev–Trinajstić information content (AvgIpc) is 2.86. The Morgan fingerprint density at radius 3 is 2.30 bits per heavy atom. The van der Waals surface area contributed by atoms with Gasteiger partial charge < -0.3 is 5.32 Å². The van der Waals surface area contributed by atoms with Gasteiger partial charge >= 0.3 is 0 Å². The van der Waals surface area contributed by atoms with Crippen LogP contribution in [0.15, 0.2) is 34.1 Å². The van der Waals surface area contributed by atoms with Crippen LogP contribution < -0.4 is 10.0 Å². The molecule has 2 atom stereocenters. The van der Waals surface area contributed by atoms with E-state index < -0.39 is 19.9 Å². The van der Waals surface area contributed by atoms with Crippen LogP contribution in [0.5, 0.6) is 0 Å². The standard InChI is InChI=1S/C15H22N2O4S2/c1-2-22(18,19)14-4-3-5-15(10-14)23(20,21)17-13-8-11-6-7-12(9-13)16-11/h3-5,10-13,16-17H,2,6-9H2,1H3. The minimum atomic E-state index is -3.71. The van der Waals surface area contributed by atoms with E-state index in [4.69, 9.17) is 0 Å². The molecule has 23 heavy (non-hydrogen) atoms. The lowest BCUT2D eigenvalue weighted by molar-refractivity contribution is 0.345. The fraction of sp³-hybridized carbons (Fsp3) is 0.600. The van der Waals surface area contributed by atoms with Crippen LogP contribution in [0.2, 0.25) is 0 Å². The lowest BCUT2D eigenvalue weighted by Crippen LogP contribution is -2.47. The number of sulfone groups is 1. The summed E-state index contributed by atoms with van der Waals surface area (Å²) >= 11 is 0. The smallest absolute Gasteiger partial charge is 0.240 e. The molecule has 128 valence electrons. The van der Waals surface area contributed by atoms with Gasteiger partial charge in [0.25, 0.3) is 0 Å². The van der Waals surface area contributed by atoms with Crippen LogP contribution >= 0.6 is 0 Å². The van der Waals surface area contributed by atoms with Crippen LogP contribution in [0.3, 0.4) is 0 Å². The fourth-order valence-corrected chi connectivity index (χ4v) is 5.75. The molecule has 2 bridgehead atoms. The molecule has 2 aliphatic rings. The first-order chi connectivity index (χ1) is 10.8. The first-order valence-electron chi connectivity index (χ1n) is 7.91. The van der Waals surface area contributed by atoms with E-state index in [0.29, 0.717) is 12.1 Å². The molecular weight excluding hydrogens is 336 g/mol. The molecule has 0 radical (unpaired) electrons. The minimum Gasteiger partial charge on any atom is -0.311 e. The van der Waals surface area contributed by atoms with Crippen molar-refractivity contribution < 1.29 is 16.8 Å². The second-order valence-corrected chi connectivity index (χ2v) is 10.3. The Morgan fingerprint density at radius 2 is 1.70 bits per heavy atom. The molecule has 8 heteroatoms. The molecule has 1 aromatic rings. The van der Waals surface area contributed by atoms with E-state index in [2.05, 4.69) is 10.0 Å². The van der Waals surface area contributed by atoms with E-state index in [-0.39, 0.29) is 21.6 Å². The molecule has 0 aliphatic carbocycles. The van der Waals surface area contributed by atoms with Gasteiger partial charge in [0.05, 0.1) is 15.5 Å². The van der Waals surface area contributed by atoms with Gasteiger partial charge in [0.1, 0.15) is 0 Å². The van der Waals surface area contributed by atoms with Gasteiger partial charge in [-0.05, 0) is 43.9 Å². The third-order valence-corrected chi connectivity index (χ3v) is 7.90. The number of hydrogen-bond acceptors (Lipinski definition) is 5. The summed E-state index contributed by atoms with van der Waals surface area (Å²) in [5.41, 5.74) is 0. The van der Waals surface area contributed by atoms with Crippen LogP contribution in [-0.2, 0) is 19.9 Å². The number of rotatable bonds is 5. The van der Waals surface area contributed by atoms with Crippen molar-refractivity contribution >= 4 is 19.9 Å². The largest absolute Gasteiger partial charge is 0.311 e. The molecule has 2 aliphatic heterocycles. The summed E-state index contributed by atoms with van der Waals surface area (Å²) in [6.07, 6.45) is 3.74. The second kappa shape index (κ2) is 6.16. The molecule has 2 heterocycles. The molecule has 3 rings (SSSR count). The molecule has 1 aromatic carbocycles. The molecule has 6 nitrogen and oxygen atoms in total. The number of hydrogen-bond donors (Lipinski definition) is 2. The van der Waals surface area contributed by atoms with Crippen LogP contribution in [0.25, 0.3) is 0 Å². The van der Waals surface area contributed by atoms with E-state index in [0.717, 1.165) is 25.7 Å². The zero-order valence-electron chi connectivity index (χ0n) is 13.0. The first-order valence-corrected chi connectivity index (χ1v) is 11.0. The molecule has 2 fully saturated rings. The van der Waals surface area contributed by atoms with E-state index in [1.807, 2.05) is 0 Å². The maximum Gasteiger partial charge on any atom is 0.240 e. The van der Waals surface area contributed by atoms with Crippen molar-refractivity contribution in [2.45, 2.75) is 60.5 Å². The monoisotopic (exact) mass is 358 g/mol. The summed E-state index contributed by atoms with van der Waals surface area (Å²) in [5.74, 6) is -0.0540. The van der Waals surface area contributed by atoms with Crippen molar-refractivity contribution in [1.82, 2.24) is 10.0 Å². The molecule has 2 N–H and O–H groups in total. The quantitative estimate of drug-likeness (QED) is 0.820. The van der Waals surface area contributed by atoms with Crippen molar-refractivity contribution in [2.24, 2.45) is 0 Å². The van der Waals surface area contributed by atoms with Gasteiger partial charge in [-0.3, -0.25) is 0 Å². The lowest BCUT2D eigenvalue weighted by atomic mass is 10.0. The van der Waals surface area contributed by atoms with Gasteiger partial charge in [-0.15, -0.1) is 0 Å². The van der Waals surface area contributed by atoms with Gasteiger partial charge in [0.2, 0.25) is 10.0 Å². The Balaban J connectivity index is 1.81. The number of fused-ring (bicyclic) bond motifs is 2. The normalized spacial score (nSPS) is 28.0. The van der Waals surface area contributed by atoms with Gasteiger partial charge in [0, 0.05) is 18.1 Å². The predicted molar refractivity (Wildman–Crippen MR) is 87.5 cm³/mol. The van der Waals surface area contributed by atoms with Crippen molar-refractivity contribution in [3.05, 3.63) is 24.3 Å². The Hall–Kier alpha value is -0.960. The van der Waals surface area contributed by atoms with Gasteiger partial charge in [-0.1, -0.05) is 13.0 Å². The lowest BCUT2D eigenvalue weighted by Gasteiger charge is -2.29. The summed E-state index contributed by atoms with van der Waals surface area (Å²) in [4.78, 5) is 0.0613. The highest BCUT2D eigenvalue weighted by Gasteiger charge is 2.35. The summed E-state index contributed by atoms with van der Waals surface area (Å²) in [6.45, 7) is 1.54. The minimum absolute atomic E-state index is 0.0119. The Labute approximate surface area is 137 Å². The molecule has 0 amide bonds. The molecule has 0 saturated carbocycles. The SMILES string of the molecule is CCS(=O)(=O)c1cccc(S(=O)(=O)NC2CC3CCC(C2)N3)c1. The first kappa shape index (κ1) is 16.9. The summed E-state index contributed by atoms with van der Waals surface area (Å²) < 4.78 is 51.8. The average molecular weight is 358 g/mol. The number of piperidine rings is 1. The molecular formula is C15H22N2O4S2. The molecule has 0 spiro atoms. The highest BCUT2D eigenvalue weighted by atomic mass is 32.2. The number of benzene rings is 1. The van der Waals surface area contributed by atoms with Crippen molar-refractivity contribution in [1.29, 1.82) is 0 Å². The van der Waals surface area contributed by atoms with Gasteiger partial charge in [-0.25, -0.2) is 21.6 Å². The Bertz CT molecular complexity index is 777. The number of nitrogens with one attached hydrogen (secondary N) is 2. The van der Waals surface area contributed by atoms with Gasteiger partial charge in [-0.2, -0.15) is 0 Å². The van der Waals surface area contributed by atoms with Crippen molar-refractivity contribution in [3.63, 3.8) is 0 Å². The van der Waals surface area contributed by atoms with E-state index in [1.54, 1.807) is 6.92 Å². The predicted octanol–water partition coefficient (Wildman–Crippen LogP) is 1.04.